The Morgan fingerprint density at radius 2 is 2.18 bits per heavy atom. The first-order valence-corrected chi connectivity index (χ1v) is 6.70. The Hall–Kier alpha value is -1.20. The topological polar surface area (TPSA) is 64.9 Å². The van der Waals surface area contributed by atoms with Gasteiger partial charge >= 0.3 is 0 Å². The van der Waals surface area contributed by atoms with Gasteiger partial charge in [-0.25, -0.2) is 0 Å². The molecule has 0 saturated heterocycles. The van der Waals surface area contributed by atoms with Crippen LogP contribution in [0.3, 0.4) is 0 Å². The molecule has 0 unspecified atom stereocenters. The first-order chi connectivity index (χ1) is 8.18. The zero-order valence-corrected chi connectivity index (χ0v) is 11.0. The predicted octanol–water partition coefficient (Wildman–Crippen LogP) is 2.70. The van der Waals surface area contributed by atoms with E-state index in [1.54, 1.807) is 11.3 Å². The molecule has 5 heteroatoms. The molecule has 0 saturated carbocycles. The summed E-state index contributed by atoms with van der Waals surface area (Å²) in [7, 11) is 0. The van der Waals surface area contributed by atoms with E-state index in [0.29, 0.717) is 18.1 Å². The highest BCUT2D eigenvalue weighted by molar-refractivity contribution is 7.09. The van der Waals surface area contributed by atoms with Crippen molar-refractivity contribution in [2.45, 2.75) is 38.6 Å². The highest BCUT2D eigenvalue weighted by Crippen LogP contribution is 2.24. The molecule has 2 N–H and O–H groups in total. The molecule has 2 aromatic rings. The summed E-state index contributed by atoms with van der Waals surface area (Å²) in [5, 5.41) is 6.04. The zero-order chi connectivity index (χ0) is 12.3. The van der Waals surface area contributed by atoms with Crippen LogP contribution in [0.2, 0.25) is 0 Å². The van der Waals surface area contributed by atoms with Crippen LogP contribution in [0.4, 0.5) is 0 Å². The number of nitrogens with zero attached hydrogens (tertiary/aromatic N) is 2. The molecule has 0 aromatic carbocycles. The molecule has 92 valence electrons. The summed E-state index contributed by atoms with van der Waals surface area (Å²) in [6, 6.07) is 4.09. The van der Waals surface area contributed by atoms with Gasteiger partial charge in [0.2, 0.25) is 5.89 Å². The average Bonchev–Trinajstić information content (AvgIpc) is 3.00. The fourth-order valence-corrected chi connectivity index (χ4v) is 2.35. The summed E-state index contributed by atoms with van der Waals surface area (Å²) in [5.41, 5.74) is 5.73. The van der Waals surface area contributed by atoms with Gasteiger partial charge in [0, 0.05) is 11.3 Å². The summed E-state index contributed by atoms with van der Waals surface area (Å²) in [5.74, 6) is 1.26. The maximum Gasteiger partial charge on any atom is 0.246 e. The van der Waals surface area contributed by atoms with Gasteiger partial charge in [-0.05, 0) is 24.3 Å². The van der Waals surface area contributed by atoms with Gasteiger partial charge in [-0.1, -0.05) is 25.1 Å². The lowest BCUT2D eigenvalue weighted by Crippen LogP contribution is -2.35. The Morgan fingerprint density at radius 1 is 1.41 bits per heavy atom. The van der Waals surface area contributed by atoms with Gasteiger partial charge in [-0.2, -0.15) is 4.98 Å². The second-order valence-electron chi connectivity index (χ2n) is 4.14. The van der Waals surface area contributed by atoms with Crippen molar-refractivity contribution >= 4 is 11.3 Å². The maximum atomic E-state index is 6.21. The van der Waals surface area contributed by atoms with Crippen LogP contribution in [-0.4, -0.2) is 10.1 Å². The smallest absolute Gasteiger partial charge is 0.246 e. The van der Waals surface area contributed by atoms with Crippen molar-refractivity contribution in [3.8, 4) is 0 Å². The molecule has 0 amide bonds. The van der Waals surface area contributed by atoms with E-state index in [9.17, 15) is 0 Å². The second kappa shape index (κ2) is 4.98. The molecule has 0 spiro atoms. The molecule has 4 nitrogen and oxygen atoms in total. The molecule has 2 heterocycles. The molecule has 17 heavy (non-hydrogen) atoms. The van der Waals surface area contributed by atoms with Gasteiger partial charge in [0.15, 0.2) is 5.82 Å². The highest BCUT2D eigenvalue weighted by atomic mass is 32.1. The van der Waals surface area contributed by atoms with Crippen LogP contribution in [0, 0.1) is 0 Å². The first-order valence-electron chi connectivity index (χ1n) is 5.82. The monoisotopic (exact) mass is 251 g/mol. The number of thiophene rings is 1. The van der Waals surface area contributed by atoms with Crippen molar-refractivity contribution < 1.29 is 4.52 Å². The molecule has 2 aromatic heterocycles. The molecule has 0 aliphatic heterocycles. The van der Waals surface area contributed by atoms with Crippen LogP contribution in [0.1, 0.15) is 43.3 Å². The minimum absolute atomic E-state index is 0.485. The van der Waals surface area contributed by atoms with Crippen LogP contribution in [0.5, 0.6) is 0 Å². The zero-order valence-electron chi connectivity index (χ0n) is 10.1. The molecule has 0 aliphatic rings. The molecule has 2 rings (SSSR count). The summed E-state index contributed by atoms with van der Waals surface area (Å²) in [6.45, 7) is 4.07. The summed E-state index contributed by atoms with van der Waals surface area (Å²) < 4.78 is 5.28. The third-order valence-electron chi connectivity index (χ3n) is 3.07. The lowest BCUT2D eigenvalue weighted by molar-refractivity contribution is 0.267. The fourth-order valence-electron chi connectivity index (χ4n) is 1.65. The van der Waals surface area contributed by atoms with E-state index < -0.39 is 5.54 Å². The van der Waals surface area contributed by atoms with E-state index >= 15 is 0 Å². The number of rotatable bonds is 5. The van der Waals surface area contributed by atoms with Gasteiger partial charge in [-0.3, -0.25) is 0 Å². The lowest BCUT2D eigenvalue weighted by Gasteiger charge is -2.20. The van der Waals surface area contributed by atoms with Crippen LogP contribution in [-0.2, 0) is 12.0 Å². The second-order valence-corrected chi connectivity index (χ2v) is 5.17. The SMILES string of the molecule is CCC(N)(CC)c1nc(Cc2cccs2)no1. The maximum absolute atomic E-state index is 6.21. The normalized spacial score (nSPS) is 11.9. The molecular formula is C12H17N3OS. The number of nitrogens with two attached hydrogens (primary N) is 1. The number of hydrogen-bond acceptors (Lipinski definition) is 5. The van der Waals surface area contributed by atoms with Crippen LogP contribution < -0.4 is 5.73 Å². The Kier molecular flexibility index (Phi) is 3.59. The third kappa shape index (κ3) is 2.56. The van der Waals surface area contributed by atoms with Gasteiger partial charge in [0.1, 0.15) is 0 Å². The Bertz CT molecular complexity index is 460. The molecule has 0 atom stereocenters. The first kappa shape index (κ1) is 12.3. The fraction of sp³-hybridized carbons (Fsp3) is 0.500. The van der Waals surface area contributed by atoms with Gasteiger partial charge in [0.05, 0.1) is 5.54 Å². The van der Waals surface area contributed by atoms with Crippen molar-refractivity contribution in [2.75, 3.05) is 0 Å². The van der Waals surface area contributed by atoms with Crippen LogP contribution in [0.15, 0.2) is 22.0 Å². The summed E-state index contributed by atoms with van der Waals surface area (Å²) in [4.78, 5) is 5.63. The van der Waals surface area contributed by atoms with Gasteiger partial charge in [-0.15, -0.1) is 11.3 Å². The van der Waals surface area contributed by atoms with E-state index in [2.05, 4.69) is 16.2 Å². The van der Waals surface area contributed by atoms with Crippen LogP contribution in [0.25, 0.3) is 0 Å². The molecule has 0 aliphatic carbocycles. The Morgan fingerprint density at radius 3 is 2.76 bits per heavy atom. The van der Waals surface area contributed by atoms with Gasteiger partial charge in [0.25, 0.3) is 0 Å². The molecule has 0 fully saturated rings. The highest BCUT2D eigenvalue weighted by Gasteiger charge is 2.29. The standard InChI is InChI=1S/C12H17N3OS/c1-3-12(13,4-2)11-14-10(15-16-11)8-9-6-5-7-17-9/h5-7H,3-4,8,13H2,1-2H3. The Balaban J connectivity index is 2.15. The van der Waals surface area contributed by atoms with Crippen LogP contribution >= 0.6 is 11.3 Å². The minimum atomic E-state index is -0.485. The van der Waals surface area contributed by atoms with E-state index in [4.69, 9.17) is 10.3 Å². The lowest BCUT2D eigenvalue weighted by atomic mass is 9.94. The number of hydrogen-bond donors (Lipinski definition) is 1. The summed E-state index contributed by atoms with van der Waals surface area (Å²) >= 11 is 1.69. The minimum Gasteiger partial charge on any atom is -0.337 e. The van der Waals surface area contributed by atoms with E-state index in [1.807, 2.05) is 25.3 Å². The Labute approximate surface area is 105 Å². The molecular weight excluding hydrogens is 234 g/mol. The van der Waals surface area contributed by atoms with Crippen molar-refractivity contribution in [3.63, 3.8) is 0 Å². The molecule has 0 radical (unpaired) electrons. The van der Waals surface area contributed by atoms with E-state index in [1.165, 1.54) is 4.88 Å². The number of aromatic nitrogens is 2. The van der Waals surface area contributed by atoms with Crippen molar-refractivity contribution in [3.05, 3.63) is 34.1 Å². The third-order valence-corrected chi connectivity index (χ3v) is 3.94. The van der Waals surface area contributed by atoms with Crippen molar-refractivity contribution in [2.24, 2.45) is 5.73 Å². The molecule has 0 bridgehead atoms. The van der Waals surface area contributed by atoms with Crippen molar-refractivity contribution in [1.82, 2.24) is 10.1 Å². The van der Waals surface area contributed by atoms with Crippen molar-refractivity contribution in [1.29, 1.82) is 0 Å². The largest absolute Gasteiger partial charge is 0.337 e. The van der Waals surface area contributed by atoms with Gasteiger partial charge < -0.3 is 10.3 Å². The predicted molar refractivity (Wildman–Crippen MR) is 67.9 cm³/mol. The summed E-state index contributed by atoms with van der Waals surface area (Å²) in [6.07, 6.45) is 2.30. The quantitative estimate of drug-likeness (QED) is 0.887. The average molecular weight is 251 g/mol. The van der Waals surface area contributed by atoms with E-state index in [0.717, 1.165) is 12.8 Å². The van der Waals surface area contributed by atoms with E-state index in [-0.39, 0.29) is 0 Å².